The minimum Gasteiger partial charge on any atom is -0.298 e. The third-order valence-electron chi connectivity index (χ3n) is 1.39. The van der Waals surface area contributed by atoms with Crippen molar-refractivity contribution in [3.05, 3.63) is 38.7 Å². The van der Waals surface area contributed by atoms with E-state index in [0.717, 1.165) is 12.1 Å². The predicted molar refractivity (Wildman–Crippen MR) is 43.5 cm³/mol. The van der Waals surface area contributed by atoms with E-state index in [1.165, 1.54) is 0 Å². The summed E-state index contributed by atoms with van der Waals surface area (Å²) < 4.78 is 12.8. The predicted octanol–water partition coefficient (Wildman–Crippen LogP) is 2.20. The number of nitro benzene ring substituents is 1. The Morgan fingerprint density at radius 1 is 1.54 bits per heavy atom. The highest BCUT2D eigenvalue weighted by atomic mass is 35.5. The molecule has 0 saturated carbocycles. The van der Waals surface area contributed by atoms with Crippen LogP contribution in [0.3, 0.4) is 0 Å². The fraction of sp³-hybridized carbons (Fsp3) is 0. The van der Waals surface area contributed by atoms with Gasteiger partial charge in [-0.2, -0.15) is 4.39 Å². The molecule has 0 aliphatic rings. The molecule has 0 atom stereocenters. The minimum atomic E-state index is -1.06. The summed E-state index contributed by atoms with van der Waals surface area (Å²) in [5, 5.41) is 10.1. The molecule has 6 heteroatoms. The Kier molecular flexibility index (Phi) is 2.57. The highest BCUT2D eigenvalue weighted by Gasteiger charge is 2.16. The van der Waals surface area contributed by atoms with Crippen LogP contribution in [0.2, 0.25) is 5.02 Å². The second-order valence-corrected chi connectivity index (χ2v) is 2.61. The smallest absolute Gasteiger partial charge is 0.298 e. The van der Waals surface area contributed by atoms with Crippen LogP contribution in [0.25, 0.3) is 0 Å². The molecule has 1 rings (SSSR count). The van der Waals surface area contributed by atoms with Crippen LogP contribution in [0, 0.1) is 15.9 Å². The number of aldehydes is 1. The molecule has 0 radical (unpaired) electrons. The van der Waals surface area contributed by atoms with Gasteiger partial charge in [-0.1, -0.05) is 11.6 Å². The van der Waals surface area contributed by atoms with Crippen molar-refractivity contribution in [3.63, 3.8) is 0 Å². The lowest BCUT2D eigenvalue weighted by atomic mass is 10.2. The topological polar surface area (TPSA) is 60.2 Å². The maximum absolute atomic E-state index is 12.8. The van der Waals surface area contributed by atoms with Crippen LogP contribution < -0.4 is 0 Å². The molecule has 0 heterocycles. The Hall–Kier alpha value is -1.49. The number of rotatable bonds is 2. The molecule has 0 saturated heterocycles. The van der Waals surface area contributed by atoms with Gasteiger partial charge in [0.2, 0.25) is 5.82 Å². The number of benzene rings is 1. The standard InChI is InChI=1S/C7H3ClFNO3/c8-5-2-6(9)7(10(12)13)1-4(5)3-11/h1-3H. The van der Waals surface area contributed by atoms with E-state index >= 15 is 0 Å². The van der Waals surface area contributed by atoms with Crippen molar-refractivity contribution in [1.82, 2.24) is 0 Å². The average molecular weight is 204 g/mol. The van der Waals surface area contributed by atoms with Crippen molar-refractivity contribution in [2.45, 2.75) is 0 Å². The summed E-state index contributed by atoms with van der Waals surface area (Å²) in [6, 6.07) is 1.54. The molecular weight excluding hydrogens is 201 g/mol. The molecule has 4 nitrogen and oxygen atoms in total. The quantitative estimate of drug-likeness (QED) is 0.421. The van der Waals surface area contributed by atoms with Gasteiger partial charge in [0, 0.05) is 17.7 Å². The first kappa shape index (κ1) is 9.60. The molecule has 0 N–H and O–H groups in total. The van der Waals surface area contributed by atoms with Gasteiger partial charge in [0.1, 0.15) is 0 Å². The molecule has 13 heavy (non-hydrogen) atoms. The monoisotopic (exact) mass is 203 g/mol. The second-order valence-electron chi connectivity index (χ2n) is 2.20. The van der Waals surface area contributed by atoms with Crippen LogP contribution in [0.15, 0.2) is 12.1 Å². The van der Waals surface area contributed by atoms with Crippen molar-refractivity contribution >= 4 is 23.6 Å². The van der Waals surface area contributed by atoms with Gasteiger partial charge < -0.3 is 0 Å². The normalized spacial score (nSPS) is 9.69. The zero-order chi connectivity index (χ0) is 10.0. The van der Waals surface area contributed by atoms with Crippen LogP contribution in [-0.4, -0.2) is 11.2 Å². The first-order valence-electron chi connectivity index (χ1n) is 3.15. The largest absolute Gasteiger partial charge is 0.305 e. The van der Waals surface area contributed by atoms with E-state index in [1.54, 1.807) is 0 Å². The van der Waals surface area contributed by atoms with E-state index in [9.17, 15) is 19.3 Å². The highest BCUT2D eigenvalue weighted by molar-refractivity contribution is 6.33. The van der Waals surface area contributed by atoms with Gasteiger partial charge in [-0.3, -0.25) is 14.9 Å². The highest BCUT2D eigenvalue weighted by Crippen LogP contribution is 2.24. The lowest BCUT2D eigenvalue weighted by molar-refractivity contribution is -0.387. The van der Waals surface area contributed by atoms with E-state index in [2.05, 4.69) is 0 Å². The summed E-state index contributed by atoms with van der Waals surface area (Å²) in [5.41, 5.74) is -0.860. The maximum Gasteiger partial charge on any atom is 0.305 e. The molecule has 0 unspecified atom stereocenters. The summed E-state index contributed by atoms with van der Waals surface area (Å²) in [4.78, 5) is 19.6. The Bertz CT molecular complexity index is 380. The van der Waals surface area contributed by atoms with Gasteiger partial charge >= 0.3 is 5.69 Å². The van der Waals surface area contributed by atoms with Crippen LogP contribution in [0.5, 0.6) is 0 Å². The molecule has 0 spiro atoms. The van der Waals surface area contributed by atoms with Gasteiger partial charge in [-0.25, -0.2) is 0 Å². The van der Waals surface area contributed by atoms with Gasteiger partial charge in [0.15, 0.2) is 6.29 Å². The minimum absolute atomic E-state index is 0.102. The molecule has 0 aliphatic carbocycles. The average Bonchev–Trinajstić information content (AvgIpc) is 2.03. The number of nitro groups is 1. The number of halogens is 2. The van der Waals surface area contributed by atoms with Crippen molar-refractivity contribution in [1.29, 1.82) is 0 Å². The molecule has 1 aromatic carbocycles. The van der Waals surface area contributed by atoms with Crippen molar-refractivity contribution < 1.29 is 14.1 Å². The molecule has 0 aromatic heterocycles. The zero-order valence-corrected chi connectivity index (χ0v) is 6.92. The van der Waals surface area contributed by atoms with Gasteiger partial charge in [-0.15, -0.1) is 0 Å². The maximum atomic E-state index is 12.8. The molecular formula is C7H3ClFNO3. The number of hydrogen-bond donors (Lipinski definition) is 0. The van der Waals surface area contributed by atoms with Crippen LogP contribution in [0.4, 0.5) is 10.1 Å². The zero-order valence-electron chi connectivity index (χ0n) is 6.16. The number of carbonyl (C=O) groups excluding carboxylic acids is 1. The molecule has 0 amide bonds. The summed E-state index contributed by atoms with van der Waals surface area (Å²) in [5.74, 6) is -1.06. The van der Waals surface area contributed by atoms with Crippen molar-refractivity contribution in [2.24, 2.45) is 0 Å². The SMILES string of the molecule is O=Cc1cc([N+](=O)[O-])c(F)cc1Cl. The number of nitrogens with zero attached hydrogens (tertiary/aromatic N) is 1. The van der Waals surface area contributed by atoms with Crippen molar-refractivity contribution in [3.8, 4) is 0 Å². The van der Waals surface area contributed by atoms with Gasteiger partial charge in [0.05, 0.1) is 9.95 Å². The first-order valence-corrected chi connectivity index (χ1v) is 3.52. The van der Waals surface area contributed by atoms with Gasteiger partial charge in [0.25, 0.3) is 0 Å². The molecule has 0 bridgehead atoms. The summed E-state index contributed by atoms with van der Waals surface area (Å²) >= 11 is 5.41. The van der Waals surface area contributed by atoms with E-state index in [0.29, 0.717) is 6.29 Å². The fourth-order valence-corrected chi connectivity index (χ4v) is 0.979. The van der Waals surface area contributed by atoms with E-state index in [1.807, 2.05) is 0 Å². The third-order valence-corrected chi connectivity index (χ3v) is 1.72. The fourth-order valence-electron chi connectivity index (χ4n) is 0.784. The lowest BCUT2D eigenvalue weighted by Crippen LogP contribution is -1.94. The molecule has 0 aliphatic heterocycles. The first-order chi connectivity index (χ1) is 6.06. The Balaban J connectivity index is 3.38. The van der Waals surface area contributed by atoms with Crippen molar-refractivity contribution in [2.75, 3.05) is 0 Å². The van der Waals surface area contributed by atoms with Crippen LogP contribution >= 0.6 is 11.6 Å². The number of carbonyl (C=O) groups is 1. The summed E-state index contributed by atoms with van der Waals surface area (Å²) in [6.45, 7) is 0. The van der Waals surface area contributed by atoms with Crippen LogP contribution in [0.1, 0.15) is 10.4 Å². The van der Waals surface area contributed by atoms with E-state index in [-0.39, 0.29) is 10.6 Å². The lowest BCUT2D eigenvalue weighted by Gasteiger charge is -1.97. The Morgan fingerprint density at radius 2 is 2.15 bits per heavy atom. The van der Waals surface area contributed by atoms with Crippen LogP contribution in [-0.2, 0) is 0 Å². The molecule has 68 valence electrons. The summed E-state index contributed by atoms with van der Waals surface area (Å²) in [7, 11) is 0. The summed E-state index contributed by atoms with van der Waals surface area (Å²) in [6.07, 6.45) is 0.328. The van der Waals surface area contributed by atoms with E-state index in [4.69, 9.17) is 11.6 Å². The Morgan fingerprint density at radius 3 is 2.62 bits per heavy atom. The van der Waals surface area contributed by atoms with Gasteiger partial charge in [-0.05, 0) is 0 Å². The number of hydrogen-bond acceptors (Lipinski definition) is 3. The van der Waals surface area contributed by atoms with E-state index < -0.39 is 16.4 Å². The second kappa shape index (κ2) is 3.49. The molecule has 1 aromatic rings. The molecule has 0 fully saturated rings. The Labute approximate surface area is 77.1 Å². The third kappa shape index (κ3) is 1.81.